The van der Waals surface area contributed by atoms with Gasteiger partial charge in [0.05, 0.1) is 0 Å². The molecule has 1 heterocycles. The Hall–Kier alpha value is -1.35. The van der Waals surface area contributed by atoms with Gasteiger partial charge in [0.15, 0.2) is 0 Å². The lowest BCUT2D eigenvalue weighted by atomic mass is 9.86. The molecule has 126 valence electrons. The first-order valence-electron chi connectivity index (χ1n) is 8.99. The number of carbonyl (C=O) groups is 1. The zero-order valence-corrected chi connectivity index (χ0v) is 14.7. The van der Waals surface area contributed by atoms with Gasteiger partial charge in [0.25, 0.3) is 0 Å². The molecule has 1 aliphatic carbocycles. The third-order valence-corrected chi connectivity index (χ3v) is 5.64. The van der Waals surface area contributed by atoms with Crippen LogP contribution in [0.2, 0.25) is 0 Å². The number of nitrogens with one attached hydrogen (secondary N) is 2. The van der Waals surface area contributed by atoms with Crippen LogP contribution >= 0.6 is 0 Å². The highest BCUT2D eigenvalue weighted by atomic mass is 16.2. The first kappa shape index (κ1) is 16.5. The van der Waals surface area contributed by atoms with E-state index in [1.54, 1.807) is 0 Å². The molecule has 3 nitrogen and oxygen atoms in total. The summed E-state index contributed by atoms with van der Waals surface area (Å²) < 4.78 is 0. The summed E-state index contributed by atoms with van der Waals surface area (Å²) >= 11 is 0. The van der Waals surface area contributed by atoms with Crippen molar-refractivity contribution in [3.05, 3.63) is 35.4 Å². The number of amides is 1. The fraction of sp³-hybridized carbons (Fsp3) is 0.650. The van der Waals surface area contributed by atoms with E-state index in [-0.39, 0.29) is 17.2 Å². The predicted molar refractivity (Wildman–Crippen MR) is 94.5 cm³/mol. The first-order valence-corrected chi connectivity index (χ1v) is 8.99. The highest BCUT2D eigenvalue weighted by molar-refractivity contribution is 5.82. The molecule has 1 aromatic rings. The summed E-state index contributed by atoms with van der Waals surface area (Å²) in [6, 6.07) is 8.81. The number of carbonyl (C=O) groups excluding carboxylic acids is 1. The second-order valence-corrected chi connectivity index (χ2v) is 8.36. The Bertz CT molecular complexity index is 550. The van der Waals surface area contributed by atoms with Gasteiger partial charge in [0.2, 0.25) is 5.91 Å². The Kier molecular flexibility index (Phi) is 4.50. The van der Waals surface area contributed by atoms with Gasteiger partial charge in [-0.1, -0.05) is 45.0 Å². The molecule has 1 unspecified atom stereocenters. The second-order valence-electron chi connectivity index (χ2n) is 8.36. The van der Waals surface area contributed by atoms with Gasteiger partial charge in [-0.2, -0.15) is 0 Å². The van der Waals surface area contributed by atoms with E-state index in [9.17, 15) is 4.79 Å². The van der Waals surface area contributed by atoms with E-state index in [4.69, 9.17) is 0 Å². The van der Waals surface area contributed by atoms with Gasteiger partial charge in [-0.15, -0.1) is 0 Å². The molecular formula is C20H30N2O. The van der Waals surface area contributed by atoms with Crippen molar-refractivity contribution in [2.24, 2.45) is 11.3 Å². The van der Waals surface area contributed by atoms with Gasteiger partial charge in [0.1, 0.15) is 0 Å². The maximum atomic E-state index is 12.3. The molecule has 3 heteroatoms. The van der Waals surface area contributed by atoms with Gasteiger partial charge in [-0.25, -0.2) is 0 Å². The van der Waals surface area contributed by atoms with Gasteiger partial charge < -0.3 is 10.6 Å². The quantitative estimate of drug-likeness (QED) is 0.897. The number of hydrogen-bond donors (Lipinski definition) is 2. The molecule has 1 saturated heterocycles. The van der Waals surface area contributed by atoms with Crippen LogP contribution in [0.3, 0.4) is 0 Å². The molecule has 1 saturated carbocycles. The Morgan fingerprint density at radius 2 is 1.87 bits per heavy atom. The zero-order chi connectivity index (χ0) is 16.5. The van der Waals surface area contributed by atoms with Gasteiger partial charge in [-0.05, 0) is 60.7 Å². The summed E-state index contributed by atoms with van der Waals surface area (Å²) in [6.45, 7) is 9.59. The number of rotatable bonds is 4. The van der Waals surface area contributed by atoms with Crippen LogP contribution in [-0.2, 0) is 16.6 Å². The van der Waals surface area contributed by atoms with Crippen molar-refractivity contribution >= 4 is 5.91 Å². The highest BCUT2D eigenvalue weighted by Gasteiger charge is 2.57. The van der Waals surface area contributed by atoms with Crippen molar-refractivity contribution in [3.8, 4) is 0 Å². The molecule has 2 N–H and O–H groups in total. The minimum absolute atomic E-state index is 0.196. The molecule has 2 fully saturated rings. The van der Waals surface area contributed by atoms with E-state index < -0.39 is 0 Å². The van der Waals surface area contributed by atoms with Gasteiger partial charge >= 0.3 is 0 Å². The highest BCUT2D eigenvalue weighted by Crippen LogP contribution is 2.58. The zero-order valence-electron chi connectivity index (χ0n) is 14.7. The summed E-state index contributed by atoms with van der Waals surface area (Å²) in [5.41, 5.74) is 3.19. The average molecular weight is 314 g/mol. The molecule has 1 aliphatic heterocycles. The van der Waals surface area contributed by atoms with E-state index in [0.717, 1.165) is 32.5 Å². The van der Waals surface area contributed by atoms with Crippen molar-refractivity contribution in [1.29, 1.82) is 0 Å². The lowest BCUT2D eigenvalue weighted by Gasteiger charge is -2.23. The molecule has 0 radical (unpaired) electrons. The van der Waals surface area contributed by atoms with E-state index in [0.29, 0.717) is 5.41 Å². The summed E-state index contributed by atoms with van der Waals surface area (Å²) in [5, 5.41) is 6.54. The Balaban J connectivity index is 1.44. The molecule has 0 bridgehead atoms. The molecule has 3 rings (SSSR count). The molecule has 23 heavy (non-hydrogen) atoms. The molecule has 1 aromatic carbocycles. The van der Waals surface area contributed by atoms with Gasteiger partial charge in [0, 0.05) is 12.5 Å². The monoisotopic (exact) mass is 314 g/mol. The molecule has 1 atom stereocenters. The number of benzene rings is 1. The Morgan fingerprint density at radius 3 is 2.48 bits per heavy atom. The van der Waals surface area contributed by atoms with Crippen LogP contribution in [0.4, 0.5) is 0 Å². The van der Waals surface area contributed by atoms with E-state index >= 15 is 0 Å². The van der Waals surface area contributed by atoms with Crippen LogP contribution in [-0.4, -0.2) is 25.5 Å². The van der Waals surface area contributed by atoms with E-state index in [2.05, 4.69) is 55.7 Å². The maximum Gasteiger partial charge on any atom is 0.223 e. The summed E-state index contributed by atoms with van der Waals surface area (Å²) in [6.07, 6.45) is 4.34. The lowest BCUT2D eigenvalue weighted by molar-refractivity contribution is -0.123. The van der Waals surface area contributed by atoms with E-state index in [1.807, 2.05) is 0 Å². The van der Waals surface area contributed by atoms with Gasteiger partial charge in [-0.3, -0.25) is 4.79 Å². The predicted octanol–water partition coefficient (Wildman–Crippen LogP) is 3.03. The van der Waals surface area contributed by atoms with Crippen LogP contribution in [0.5, 0.6) is 0 Å². The standard InChI is InChI=1S/C20H30N2O/c1-19(2,3)16-6-4-15(5-7-16)8-11-22-18(23)17-14-20(17)9-12-21-13-10-20/h4-7,17,21H,8-14H2,1-3H3,(H,22,23). The van der Waals surface area contributed by atoms with Crippen LogP contribution in [0.15, 0.2) is 24.3 Å². The van der Waals surface area contributed by atoms with Crippen LogP contribution in [0.25, 0.3) is 0 Å². The second kappa shape index (κ2) is 6.27. The largest absolute Gasteiger partial charge is 0.356 e. The Labute approximate surface area is 140 Å². The van der Waals surface area contributed by atoms with Crippen LogP contribution in [0, 0.1) is 11.3 Å². The lowest BCUT2D eigenvalue weighted by Crippen LogP contribution is -2.34. The molecular weight excluding hydrogens is 284 g/mol. The smallest absolute Gasteiger partial charge is 0.223 e. The maximum absolute atomic E-state index is 12.3. The summed E-state index contributed by atoms with van der Waals surface area (Å²) in [4.78, 5) is 12.3. The first-order chi connectivity index (χ1) is 10.9. The minimum Gasteiger partial charge on any atom is -0.356 e. The van der Waals surface area contributed by atoms with Crippen LogP contribution < -0.4 is 10.6 Å². The average Bonchev–Trinajstić information content (AvgIpc) is 3.21. The fourth-order valence-electron chi connectivity index (χ4n) is 3.82. The SMILES string of the molecule is CC(C)(C)c1ccc(CCNC(=O)C2CC23CCNCC3)cc1. The molecule has 2 aliphatic rings. The van der Waals surface area contributed by atoms with Crippen molar-refractivity contribution < 1.29 is 4.79 Å². The number of hydrogen-bond acceptors (Lipinski definition) is 2. The van der Waals surface area contributed by atoms with Crippen LogP contribution in [0.1, 0.15) is 51.2 Å². The fourth-order valence-corrected chi connectivity index (χ4v) is 3.82. The van der Waals surface area contributed by atoms with Crippen molar-refractivity contribution in [2.45, 2.75) is 51.9 Å². The normalized spacial score (nSPS) is 22.8. The van der Waals surface area contributed by atoms with Crippen molar-refractivity contribution in [2.75, 3.05) is 19.6 Å². The van der Waals surface area contributed by atoms with Crippen molar-refractivity contribution in [1.82, 2.24) is 10.6 Å². The molecule has 0 aromatic heterocycles. The third-order valence-electron chi connectivity index (χ3n) is 5.64. The molecule has 1 amide bonds. The summed E-state index contributed by atoms with van der Waals surface area (Å²) in [5.74, 6) is 0.547. The summed E-state index contributed by atoms with van der Waals surface area (Å²) in [7, 11) is 0. The Morgan fingerprint density at radius 1 is 1.22 bits per heavy atom. The third kappa shape index (κ3) is 3.77. The number of piperidine rings is 1. The van der Waals surface area contributed by atoms with E-state index in [1.165, 1.54) is 24.0 Å². The van der Waals surface area contributed by atoms with Crippen molar-refractivity contribution in [3.63, 3.8) is 0 Å². The minimum atomic E-state index is 0.196. The topological polar surface area (TPSA) is 41.1 Å². The molecule has 1 spiro atoms.